The first-order valence-corrected chi connectivity index (χ1v) is 11.7. The molecule has 0 radical (unpaired) electrons. The molecule has 1 saturated heterocycles. The lowest BCUT2D eigenvalue weighted by atomic mass is 9.92. The molecule has 1 atom stereocenters. The van der Waals surface area contributed by atoms with Crippen molar-refractivity contribution in [2.24, 2.45) is 0 Å². The molecule has 0 aliphatic carbocycles. The van der Waals surface area contributed by atoms with Crippen LogP contribution in [0.25, 0.3) is 5.76 Å². The van der Waals surface area contributed by atoms with Crippen molar-refractivity contribution in [2.45, 2.75) is 33.7 Å². The van der Waals surface area contributed by atoms with E-state index >= 15 is 0 Å². The summed E-state index contributed by atoms with van der Waals surface area (Å²) in [7, 11) is 0. The van der Waals surface area contributed by atoms with Gasteiger partial charge in [-0.3, -0.25) is 14.5 Å². The number of benzene rings is 3. The quantitative estimate of drug-likeness (QED) is 0.271. The van der Waals surface area contributed by atoms with Crippen molar-refractivity contribution in [1.82, 2.24) is 0 Å². The van der Waals surface area contributed by atoms with Crippen molar-refractivity contribution < 1.29 is 24.2 Å². The molecule has 0 spiro atoms. The summed E-state index contributed by atoms with van der Waals surface area (Å²) in [6.45, 7) is 8.57. The van der Waals surface area contributed by atoms with Gasteiger partial charge < -0.3 is 14.6 Å². The summed E-state index contributed by atoms with van der Waals surface area (Å²) < 4.78 is 11.2. The van der Waals surface area contributed by atoms with Gasteiger partial charge in [0.1, 0.15) is 17.3 Å². The van der Waals surface area contributed by atoms with Crippen LogP contribution in [0.15, 0.2) is 72.3 Å². The largest absolute Gasteiger partial charge is 0.507 e. The summed E-state index contributed by atoms with van der Waals surface area (Å²) in [4.78, 5) is 28.2. The first kappa shape index (κ1) is 24.1. The minimum absolute atomic E-state index is 0.0506. The Bertz CT molecular complexity index is 1310. The van der Waals surface area contributed by atoms with Crippen LogP contribution in [-0.4, -0.2) is 30.0 Å². The minimum Gasteiger partial charge on any atom is -0.507 e. The highest BCUT2D eigenvalue weighted by Gasteiger charge is 2.47. The van der Waals surface area contributed by atoms with Gasteiger partial charge in [-0.2, -0.15) is 0 Å². The molecule has 4 rings (SSSR count). The lowest BCUT2D eigenvalue weighted by Crippen LogP contribution is -2.29. The Kier molecular flexibility index (Phi) is 6.92. The van der Waals surface area contributed by atoms with E-state index in [-0.39, 0.29) is 11.3 Å². The molecule has 1 heterocycles. The van der Waals surface area contributed by atoms with Gasteiger partial charge in [-0.1, -0.05) is 30.3 Å². The van der Waals surface area contributed by atoms with Crippen LogP contribution in [-0.2, 0) is 9.59 Å². The number of carbonyl (C=O) groups excluding carboxylic acids is 2. The van der Waals surface area contributed by atoms with Crippen LogP contribution in [0.1, 0.15) is 42.1 Å². The van der Waals surface area contributed by atoms with E-state index in [9.17, 15) is 14.7 Å². The van der Waals surface area contributed by atoms with E-state index in [0.717, 1.165) is 16.7 Å². The molecule has 1 aliphatic heterocycles. The maximum atomic E-state index is 13.4. The summed E-state index contributed by atoms with van der Waals surface area (Å²) in [5, 5.41) is 11.4. The third kappa shape index (κ3) is 4.52. The normalized spacial score (nSPS) is 17.0. The van der Waals surface area contributed by atoms with E-state index in [1.807, 2.05) is 52.0 Å². The highest BCUT2D eigenvalue weighted by Crippen LogP contribution is 2.43. The number of hydrogen-bond acceptors (Lipinski definition) is 5. The van der Waals surface area contributed by atoms with Gasteiger partial charge in [-0.25, -0.2) is 0 Å². The summed E-state index contributed by atoms with van der Waals surface area (Å²) in [5.41, 5.74) is 3.51. The third-order valence-electron chi connectivity index (χ3n) is 6.08. The Morgan fingerprint density at radius 2 is 1.63 bits per heavy atom. The van der Waals surface area contributed by atoms with Gasteiger partial charge in [0.05, 0.1) is 24.8 Å². The predicted octanol–water partition coefficient (Wildman–Crippen LogP) is 5.73. The number of nitrogens with zero attached hydrogens (tertiary/aromatic N) is 1. The molecule has 1 N–H and O–H groups in total. The second kappa shape index (κ2) is 10.1. The minimum atomic E-state index is -0.792. The molecular weight excluding hydrogens is 442 g/mol. The number of aliphatic hydroxyl groups excluding tert-OH is 1. The number of carbonyl (C=O) groups is 2. The van der Waals surface area contributed by atoms with E-state index < -0.39 is 17.7 Å². The van der Waals surface area contributed by atoms with Crippen LogP contribution in [0.4, 0.5) is 5.69 Å². The number of aliphatic hydroxyl groups is 1. The third-order valence-corrected chi connectivity index (χ3v) is 6.08. The zero-order valence-corrected chi connectivity index (χ0v) is 20.4. The van der Waals surface area contributed by atoms with Crippen molar-refractivity contribution in [3.05, 3.63) is 94.6 Å². The molecule has 35 heavy (non-hydrogen) atoms. The predicted molar refractivity (Wildman–Crippen MR) is 136 cm³/mol. The van der Waals surface area contributed by atoms with Gasteiger partial charge in [-0.15, -0.1) is 0 Å². The number of amides is 1. The van der Waals surface area contributed by atoms with Gasteiger partial charge in [0, 0.05) is 17.3 Å². The lowest BCUT2D eigenvalue weighted by Gasteiger charge is -2.27. The number of rotatable bonds is 7. The van der Waals surface area contributed by atoms with Crippen LogP contribution in [0.2, 0.25) is 0 Å². The fourth-order valence-corrected chi connectivity index (χ4v) is 4.45. The fourth-order valence-electron chi connectivity index (χ4n) is 4.45. The van der Waals surface area contributed by atoms with E-state index in [0.29, 0.717) is 36.0 Å². The molecule has 6 heteroatoms. The number of anilines is 1. The first-order chi connectivity index (χ1) is 16.9. The Morgan fingerprint density at radius 1 is 0.886 bits per heavy atom. The molecule has 0 aromatic heterocycles. The SMILES string of the molecule is CCOc1cccc(N2C(=O)C(=O)/C(=C(/O)c3ccc(OCC)c(C)c3)C2c2ccccc2C)c1. The van der Waals surface area contributed by atoms with Crippen LogP contribution >= 0.6 is 0 Å². The second-order valence-electron chi connectivity index (χ2n) is 8.37. The number of ether oxygens (including phenoxy) is 2. The molecule has 1 unspecified atom stereocenters. The average molecular weight is 472 g/mol. The van der Waals surface area contributed by atoms with Gasteiger partial charge in [-0.05, 0) is 74.7 Å². The summed E-state index contributed by atoms with van der Waals surface area (Å²) in [6.07, 6.45) is 0. The maximum absolute atomic E-state index is 13.4. The molecule has 1 amide bonds. The summed E-state index contributed by atoms with van der Waals surface area (Å²) in [6, 6.07) is 19.1. The standard InChI is InChI=1S/C29H29NO5/c1-5-34-22-12-9-11-21(17-22)30-26(23-13-8-7-10-18(23)3)25(28(32)29(30)33)27(31)20-14-15-24(35-6-2)19(4)16-20/h7-17,26,31H,5-6H2,1-4H3/b27-25+. The van der Waals surface area contributed by atoms with E-state index in [2.05, 4.69) is 0 Å². The molecule has 3 aromatic rings. The van der Waals surface area contributed by atoms with Crippen LogP contribution in [0.3, 0.4) is 0 Å². The Balaban J connectivity index is 1.92. The summed E-state index contributed by atoms with van der Waals surface area (Å²) in [5.74, 6) is -0.350. The Labute approximate surface area is 205 Å². The highest BCUT2D eigenvalue weighted by atomic mass is 16.5. The molecule has 0 saturated carbocycles. The van der Waals surface area contributed by atoms with E-state index in [1.165, 1.54) is 4.90 Å². The van der Waals surface area contributed by atoms with E-state index in [1.54, 1.807) is 42.5 Å². The van der Waals surface area contributed by atoms with Gasteiger partial charge in [0.2, 0.25) is 0 Å². The molecule has 1 fully saturated rings. The number of aryl methyl sites for hydroxylation is 2. The second-order valence-corrected chi connectivity index (χ2v) is 8.37. The Morgan fingerprint density at radius 3 is 2.31 bits per heavy atom. The van der Waals surface area contributed by atoms with Crippen LogP contribution in [0.5, 0.6) is 11.5 Å². The zero-order chi connectivity index (χ0) is 25.1. The number of hydrogen-bond donors (Lipinski definition) is 1. The molecular formula is C29H29NO5. The van der Waals surface area contributed by atoms with Crippen molar-refractivity contribution in [1.29, 1.82) is 0 Å². The highest BCUT2D eigenvalue weighted by molar-refractivity contribution is 6.51. The van der Waals surface area contributed by atoms with Gasteiger partial charge in [0.15, 0.2) is 0 Å². The average Bonchev–Trinajstić information content (AvgIpc) is 3.11. The monoisotopic (exact) mass is 471 g/mol. The smallest absolute Gasteiger partial charge is 0.300 e. The van der Waals surface area contributed by atoms with Crippen LogP contribution in [0, 0.1) is 13.8 Å². The van der Waals surface area contributed by atoms with Crippen molar-refractivity contribution >= 4 is 23.1 Å². The molecule has 180 valence electrons. The van der Waals surface area contributed by atoms with Crippen molar-refractivity contribution in [2.75, 3.05) is 18.1 Å². The zero-order valence-electron chi connectivity index (χ0n) is 20.4. The van der Waals surface area contributed by atoms with Gasteiger partial charge in [0.25, 0.3) is 11.7 Å². The first-order valence-electron chi connectivity index (χ1n) is 11.7. The van der Waals surface area contributed by atoms with Crippen molar-refractivity contribution in [3.63, 3.8) is 0 Å². The molecule has 1 aliphatic rings. The lowest BCUT2D eigenvalue weighted by molar-refractivity contribution is -0.132. The van der Waals surface area contributed by atoms with Gasteiger partial charge >= 0.3 is 0 Å². The maximum Gasteiger partial charge on any atom is 0.300 e. The van der Waals surface area contributed by atoms with E-state index in [4.69, 9.17) is 9.47 Å². The Hall–Kier alpha value is -4.06. The number of ketones is 1. The summed E-state index contributed by atoms with van der Waals surface area (Å²) >= 11 is 0. The topological polar surface area (TPSA) is 76.1 Å². The molecule has 6 nitrogen and oxygen atoms in total. The van der Waals surface area contributed by atoms with Crippen LogP contribution < -0.4 is 14.4 Å². The fraction of sp³-hybridized carbons (Fsp3) is 0.241. The number of Topliss-reactive ketones (excluding diaryl/α,β-unsaturated/α-hetero) is 1. The molecule has 0 bridgehead atoms. The van der Waals surface area contributed by atoms with Crippen molar-refractivity contribution in [3.8, 4) is 11.5 Å². The molecule has 3 aromatic carbocycles.